The van der Waals surface area contributed by atoms with E-state index in [9.17, 15) is 5.11 Å². The Morgan fingerprint density at radius 3 is 2.95 bits per heavy atom. The number of hydrogen-bond acceptors (Lipinski definition) is 3. The van der Waals surface area contributed by atoms with E-state index in [-0.39, 0.29) is 0 Å². The number of aliphatic hydroxyl groups is 1. The standard InChI is InChI=1S/C19H27NO2/c1-13-5-4-6-14(11-13)16(21)12-20-17-15-7-10-22-18(15)19(17)8-2-3-9-19/h4-6,11,15-18,20-21H,2-3,7-10,12H2,1H3. The molecular weight excluding hydrogens is 274 g/mol. The van der Waals surface area contributed by atoms with Crippen molar-refractivity contribution in [2.45, 2.75) is 57.3 Å². The van der Waals surface area contributed by atoms with Crippen LogP contribution in [0.3, 0.4) is 0 Å². The topological polar surface area (TPSA) is 41.5 Å². The maximum absolute atomic E-state index is 10.5. The second-order valence-electron chi connectivity index (χ2n) is 7.50. The van der Waals surface area contributed by atoms with Crippen LogP contribution >= 0.6 is 0 Å². The molecular formula is C19H27NO2. The highest BCUT2D eigenvalue weighted by atomic mass is 16.5. The van der Waals surface area contributed by atoms with E-state index in [4.69, 9.17) is 4.74 Å². The quantitative estimate of drug-likeness (QED) is 0.898. The van der Waals surface area contributed by atoms with E-state index >= 15 is 0 Å². The van der Waals surface area contributed by atoms with Gasteiger partial charge in [0, 0.05) is 30.5 Å². The molecule has 120 valence electrons. The summed E-state index contributed by atoms with van der Waals surface area (Å²) in [4.78, 5) is 0. The maximum atomic E-state index is 10.5. The van der Waals surface area contributed by atoms with Gasteiger partial charge in [0.15, 0.2) is 0 Å². The Morgan fingerprint density at radius 2 is 2.18 bits per heavy atom. The summed E-state index contributed by atoms with van der Waals surface area (Å²) in [6.07, 6.45) is 6.53. The number of nitrogens with one attached hydrogen (secondary N) is 1. The molecule has 1 spiro atoms. The molecule has 4 unspecified atom stereocenters. The van der Waals surface area contributed by atoms with Crippen LogP contribution in [0, 0.1) is 18.3 Å². The minimum atomic E-state index is -0.417. The molecule has 1 aromatic rings. The van der Waals surface area contributed by atoms with Crippen molar-refractivity contribution in [2.75, 3.05) is 13.2 Å². The van der Waals surface area contributed by atoms with Crippen molar-refractivity contribution >= 4 is 0 Å². The molecule has 3 heteroatoms. The zero-order valence-corrected chi connectivity index (χ0v) is 13.4. The first-order valence-electron chi connectivity index (χ1n) is 8.80. The Balaban J connectivity index is 1.42. The number of ether oxygens (including phenoxy) is 1. The van der Waals surface area contributed by atoms with Crippen LogP contribution in [0.15, 0.2) is 24.3 Å². The molecule has 0 radical (unpaired) electrons. The van der Waals surface area contributed by atoms with Crippen molar-refractivity contribution in [3.8, 4) is 0 Å². The Hall–Kier alpha value is -0.900. The van der Waals surface area contributed by atoms with Crippen molar-refractivity contribution in [1.82, 2.24) is 5.32 Å². The summed E-state index contributed by atoms with van der Waals surface area (Å²) in [6, 6.07) is 8.74. The maximum Gasteiger partial charge on any atom is 0.0914 e. The first-order valence-corrected chi connectivity index (χ1v) is 8.80. The van der Waals surface area contributed by atoms with Gasteiger partial charge >= 0.3 is 0 Å². The summed E-state index contributed by atoms with van der Waals surface area (Å²) in [6.45, 7) is 3.65. The van der Waals surface area contributed by atoms with E-state index in [0.29, 0.717) is 30.0 Å². The van der Waals surface area contributed by atoms with Gasteiger partial charge in [0.05, 0.1) is 12.2 Å². The lowest BCUT2D eigenvalue weighted by molar-refractivity contribution is -0.132. The molecule has 3 fully saturated rings. The number of hydrogen-bond donors (Lipinski definition) is 2. The summed E-state index contributed by atoms with van der Waals surface area (Å²) in [5, 5.41) is 14.2. The molecule has 0 amide bonds. The second-order valence-corrected chi connectivity index (χ2v) is 7.50. The Kier molecular flexibility index (Phi) is 3.75. The average Bonchev–Trinajstić information content (AvgIpc) is 3.15. The zero-order valence-electron chi connectivity index (χ0n) is 13.4. The zero-order chi connectivity index (χ0) is 15.2. The van der Waals surface area contributed by atoms with Gasteiger partial charge in [-0.1, -0.05) is 42.7 Å². The fourth-order valence-electron chi connectivity index (χ4n) is 5.24. The van der Waals surface area contributed by atoms with Gasteiger partial charge < -0.3 is 15.2 Å². The molecule has 3 aliphatic rings. The molecule has 2 aliphatic carbocycles. The Labute approximate surface area is 133 Å². The monoisotopic (exact) mass is 301 g/mol. The minimum absolute atomic E-state index is 0.369. The SMILES string of the molecule is Cc1cccc(C(O)CNC2C3CCOC3C23CCCC3)c1. The van der Waals surface area contributed by atoms with Gasteiger partial charge in [0.1, 0.15) is 0 Å². The van der Waals surface area contributed by atoms with Crippen molar-refractivity contribution in [3.05, 3.63) is 35.4 Å². The van der Waals surface area contributed by atoms with Gasteiger partial charge in [0.25, 0.3) is 0 Å². The third-order valence-electron chi connectivity index (χ3n) is 6.24. The number of fused-ring (bicyclic) bond motifs is 2. The van der Waals surface area contributed by atoms with Crippen LogP contribution < -0.4 is 5.32 Å². The molecule has 3 nitrogen and oxygen atoms in total. The molecule has 4 atom stereocenters. The lowest BCUT2D eigenvalue weighted by atomic mass is 9.54. The highest BCUT2D eigenvalue weighted by molar-refractivity contribution is 5.24. The normalized spacial score (nSPS) is 33.6. The molecule has 2 saturated carbocycles. The molecule has 1 saturated heterocycles. The third kappa shape index (κ3) is 2.22. The summed E-state index contributed by atoms with van der Waals surface area (Å²) < 4.78 is 6.02. The fourth-order valence-corrected chi connectivity index (χ4v) is 5.24. The third-order valence-corrected chi connectivity index (χ3v) is 6.24. The van der Waals surface area contributed by atoms with Gasteiger partial charge in [-0.25, -0.2) is 0 Å². The minimum Gasteiger partial charge on any atom is -0.387 e. The first-order chi connectivity index (χ1) is 10.7. The average molecular weight is 301 g/mol. The summed E-state index contributed by atoms with van der Waals surface area (Å²) in [7, 11) is 0. The van der Waals surface area contributed by atoms with Crippen molar-refractivity contribution in [3.63, 3.8) is 0 Å². The highest BCUT2D eigenvalue weighted by Gasteiger charge is 2.64. The van der Waals surface area contributed by atoms with E-state index in [1.807, 2.05) is 12.1 Å². The van der Waals surface area contributed by atoms with Crippen LogP contribution in [-0.2, 0) is 4.74 Å². The molecule has 22 heavy (non-hydrogen) atoms. The molecule has 2 N–H and O–H groups in total. The smallest absolute Gasteiger partial charge is 0.0914 e. The van der Waals surface area contributed by atoms with Crippen LogP contribution in [0.5, 0.6) is 0 Å². The number of rotatable bonds is 4. The van der Waals surface area contributed by atoms with Gasteiger partial charge in [-0.05, 0) is 31.7 Å². The highest BCUT2D eigenvalue weighted by Crippen LogP contribution is 2.60. The summed E-state index contributed by atoms with van der Waals surface area (Å²) in [5.74, 6) is 0.669. The Morgan fingerprint density at radius 1 is 1.36 bits per heavy atom. The van der Waals surface area contributed by atoms with E-state index in [0.717, 1.165) is 12.2 Å². The first kappa shape index (κ1) is 14.7. The van der Waals surface area contributed by atoms with Crippen LogP contribution in [0.1, 0.15) is 49.3 Å². The molecule has 1 heterocycles. The number of aliphatic hydroxyl groups excluding tert-OH is 1. The predicted molar refractivity (Wildman–Crippen MR) is 86.7 cm³/mol. The predicted octanol–water partition coefficient (Wildman–Crippen LogP) is 2.97. The van der Waals surface area contributed by atoms with E-state index in [2.05, 4.69) is 24.4 Å². The molecule has 1 aromatic carbocycles. The van der Waals surface area contributed by atoms with Crippen molar-refractivity contribution in [1.29, 1.82) is 0 Å². The number of benzene rings is 1. The number of aryl methyl sites for hydroxylation is 1. The van der Waals surface area contributed by atoms with E-state index in [1.54, 1.807) is 0 Å². The fraction of sp³-hybridized carbons (Fsp3) is 0.684. The van der Waals surface area contributed by atoms with E-state index < -0.39 is 6.10 Å². The molecule has 1 aliphatic heterocycles. The van der Waals surface area contributed by atoms with Crippen LogP contribution in [0.2, 0.25) is 0 Å². The van der Waals surface area contributed by atoms with Gasteiger partial charge in [0.2, 0.25) is 0 Å². The van der Waals surface area contributed by atoms with E-state index in [1.165, 1.54) is 37.7 Å². The van der Waals surface area contributed by atoms with Crippen molar-refractivity contribution in [2.24, 2.45) is 11.3 Å². The van der Waals surface area contributed by atoms with Crippen LogP contribution in [0.4, 0.5) is 0 Å². The second kappa shape index (κ2) is 5.63. The van der Waals surface area contributed by atoms with Crippen LogP contribution in [0.25, 0.3) is 0 Å². The largest absolute Gasteiger partial charge is 0.387 e. The van der Waals surface area contributed by atoms with Gasteiger partial charge in [-0.3, -0.25) is 0 Å². The molecule has 4 rings (SSSR count). The summed E-state index contributed by atoms with van der Waals surface area (Å²) >= 11 is 0. The lowest BCUT2D eigenvalue weighted by Crippen LogP contribution is -2.67. The lowest BCUT2D eigenvalue weighted by Gasteiger charge is -2.57. The molecule has 0 aromatic heterocycles. The van der Waals surface area contributed by atoms with Gasteiger partial charge in [-0.15, -0.1) is 0 Å². The summed E-state index contributed by atoms with van der Waals surface area (Å²) in [5.41, 5.74) is 2.59. The van der Waals surface area contributed by atoms with Crippen molar-refractivity contribution < 1.29 is 9.84 Å². The van der Waals surface area contributed by atoms with Gasteiger partial charge in [-0.2, -0.15) is 0 Å². The molecule has 0 bridgehead atoms. The van der Waals surface area contributed by atoms with Crippen LogP contribution in [-0.4, -0.2) is 30.4 Å². The Bertz CT molecular complexity index is 538.